The summed E-state index contributed by atoms with van der Waals surface area (Å²) >= 11 is 0. The van der Waals surface area contributed by atoms with Gasteiger partial charge < -0.3 is 19.0 Å². The Morgan fingerprint density at radius 1 is 1.31 bits per heavy atom. The minimum absolute atomic E-state index is 0.283. The highest BCUT2D eigenvalue weighted by Gasteiger charge is 2.22. The van der Waals surface area contributed by atoms with Crippen molar-refractivity contribution in [1.82, 2.24) is 10.5 Å². The van der Waals surface area contributed by atoms with Gasteiger partial charge >= 0.3 is 5.97 Å². The third-order valence-electron chi connectivity index (χ3n) is 4.06. The van der Waals surface area contributed by atoms with Crippen LogP contribution in [0.1, 0.15) is 47.5 Å². The lowest BCUT2D eigenvalue weighted by Gasteiger charge is -2.11. The van der Waals surface area contributed by atoms with Crippen LogP contribution >= 0.6 is 0 Å². The number of hydrogen-bond donors (Lipinski definition) is 1. The average molecular weight is 356 g/mol. The van der Waals surface area contributed by atoms with Gasteiger partial charge in [0.15, 0.2) is 6.61 Å². The van der Waals surface area contributed by atoms with Gasteiger partial charge in [-0.2, -0.15) is 0 Å². The fourth-order valence-electron chi connectivity index (χ4n) is 2.69. The molecule has 7 nitrogen and oxygen atoms in total. The Morgan fingerprint density at radius 2 is 2.08 bits per heavy atom. The molecule has 2 aromatic heterocycles. The van der Waals surface area contributed by atoms with Crippen molar-refractivity contribution in [2.24, 2.45) is 0 Å². The zero-order valence-corrected chi connectivity index (χ0v) is 14.9. The molecule has 0 bridgehead atoms. The normalized spacial score (nSPS) is 12.1. The van der Waals surface area contributed by atoms with E-state index in [-0.39, 0.29) is 11.6 Å². The van der Waals surface area contributed by atoms with E-state index in [1.165, 1.54) is 0 Å². The van der Waals surface area contributed by atoms with Gasteiger partial charge in [-0.1, -0.05) is 30.3 Å². The first kappa shape index (κ1) is 17.7. The van der Waals surface area contributed by atoms with Crippen molar-refractivity contribution in [3.05, 3.63) is 53.1 Å². The molecule has 1 aromatic carbocycles. The standard InChI is InChI=1S/C19H20N2O5/c1-4-14-18(12(3)26-21-14)19(23)24-10-17(22)20-11(2)16-9-13-7-5-6-8-15(13)25-16/h5-9,11H,4,10H2,1-3H3,(H,20,22)/t11-/m0/s1. The molecule has 7 heteroatoms. The van der Waals surface area contributed by atoms with E-state index in [1.54, 1.807) is 13.8 Å². The van der Waals surface area contributed by atoms with Crippen molar-refractivity contribution in [3.8, 4) is 0 Å². The zero-order valence-electron chi connectivity index (χ0n) is 14.9. The van der Waals surface area contributed by atoms with E-state index in [4.69, 9.17) is 13.7 Å². The Labute approximate surface area is 150 Å². The Balaban J connectivity index is 1.58. The predicted octanol–water partition coefficient (Wildman–Crippen LogP) is 3.33. The molecule has 0 saturated carbocycles. The molecule has 3 rings (SSSR count). The lowest BCUT2D eigenvalue weighted by molar-refractivity contribution is -0.125. The molecule has 26 heavy (non-hydrogen) atoms. The minimum atomic E-state index is -0.618. The topological polar surface area (TPSA) is 94.6 Å². The van der Waals surface area contributed by atoms with Crippen molar-refractivity contribution in [1.29, 1.82) is 0 Å². The number of amides is 1. The fraction of sp³-hybridized carbons (Fsp3) is 0.316. The first-order valence-corrected chi connectivity index (χ1v) is 8.39. The van der Waals surface area contributed by atoms with Crippen molar-refractivity contribution in [3.63, 3.8) is 0 Å². The lowest BCUT2D eigenvalue weighted by atomic mass is 10.1. The average Bonchev–Trinajstić information content (AvgIpc) is 3.22. The highest BCUT2D eigenvalue weighted by Crippen LogP contribution is 2.23. The number of carbonyl (C=O) groups excluding carboxylic acids is 2. The van der Waals surface area contributed by atoms with Crippen LogP contribution in [0.2, 0.25) is 0 Å². The number of aromatic nitrogens is 1. The van der Waals surface area contributed by atoms with Crippen LogP contribution in [0.5, 0.6) is 0 Å². The maximum atomic E-state index is 12.2. The SMILES string of the molecule is CCc1noc(C)c1C(=O)OCC(=O)N[C@@H](C)c1cc2ccccc2o1. The number of furan rings is 1. The van der Waals surface area contributed by atoms with E-state index in [0.29, 0.717) is 23.6 Å². The summed E-state index contributed by atoms with van der Waals surface area (Å²) in [7, 11) is 0. The molecule has 1 N–H and O–H groups in total. The van der Waals surface area contributed by atoms with E-state index in [2.05, 4.69) is 10.5 Å². The number of carbonyl (C=O) groups is 2. The number of para-hydroxylation sites is 1. The Hall–Kier alpha value is -3.09. The number of fused-ring (bicyclic) bond motifs is 1. The molecule has 136 valence electrons. The van der Waals surface area contributed by atoms with Crippen LogP contribution in [0.25, 0.3) is 11.0 Å². The Bertz CT molecular complexity index is 907. The molecular weight excluding hydrogens is 336 g/mol. The van der Waals surface area contributed by atoms with E-state index >= 15 is 0 Å². The summed E-state index contributed by atoms with van der Waals surface area (Å²) in [6, 6.07) is 9.13. The first-order chi connectivity index (χ1) is 12.5. The van der Waals surface area contributed by atoms with Crippen LogP contribution in [0.15, 0.2) is 39.3 Å². The molecule has 0 unspecified atom stereocenters. The fourth-order valence-corrected chi connectivity index (χ4v) is 2.69. The first-order valence-electron chi connectivity index (χ1n) is 8.39. The van der Waals surface area contributed by atoms with Crippen LogP contribution in [0.4, 0.5) is 0 Å². The number of benzene rings is 1. The largest absolute Gasteiger partial charge is 0.459 e. The predicted molar refractivity (Wildman–Crippen MR) is 93.7 cm³/mol. The molecule has 0 aliphatic carbocycles. The molecule has 0 radical (unpaired) electrons. The van der Waals surface area contributed by atoms with Crippen molar-refractivity contribution in [2.75, 3.05) is 6.61 Å². The van der Waals surface area contributed by atoms with Crippen LogP contribution in [-0.2, 0) is 16.0 Å². The van der Waals surface area contributed by atoms with Gasteiger partial charge in [-0.15, -0.1) is 0 Å². The summed E-state index contributed by atoms with van der Waals surface area (Å²) < 4.78 is 15.8. The number of esters is 1. The van der Waals surface area contributed by atoms with Crippen LogP contribution in [0.3, 0.4) is 0 Å². The van der Waals surface area contributed by atoms with Crippen molar-refractivity contribution in [2.45, 2.75) is 33.2 Å². The number of hydrogen-bond acceptors (Lipinski definition) is 6. The third kappa shape index (κ3) is 3.61. The molecule has 0 aliphatic heterocycles. The summed E-state index contributed by atoms with van der Waals surface area (Å²) in [6.07, 6.45) is 0.539. The second kappa shape index (κ2) is 7.43. The summed E-state index contributed by atoms with van der Waals surface area (Å²) in [5, 5.41) is 7.52. The second-order valence-electron chi connectivity index (χ2n) is 5.97. The Kier molecular flexibility index (Phi) is 5.06. The molecule has 1 amide bonds. The van der Waals surface area contributed by atoms with Gasteiger partial charge in [0.05, 0.1) is 11.7 Å². The van der Waals surface area contributed by atoms with Gasteiger partial charge in [0.2, 0.25) is 0 Å². The van der Waals surface area contributed by atoms with Gasteiger partial charge in [-0.3, -0.25) is 4.79 Å². The summed E-state index contributed by atoms with van der Waals surface area (Å²) in [6.45, 7) is 4.90. The maximum absolute atomic E-state index is 12.2. The quantitative estimate of drug-likeness (QED) is 0.681. The van der Waals surface area contributed by atoms with Gasteiger partial charge in [0.25, 0.3) is 5.91 Å². The highest BCUT2D eigenvalue weighted by molar-refractivity contribution is 5.93. The lowest BCUT2D eigenvalue weighted by Crippen LogP contribution is -2.31. The molecule has 1 atom stereocenters. The van der Waals surface area contributed by atoms with E-state index < -0.39 is 18.5 Å². The van der Waals surface area contributed by atoms with Gasteiger partial charge in [0, 0.05) is 5.39 Å². The number of nitrogens with zero attached hydrogens (tertiary/aromatic N) is 1. The van der Waals surface area contributed by atoms with Gasteiger partial charge in [-0.25, -0.2) is 4.79 Å². The molecular formula is C19H20N2O5. The van der Waals surface area contributed by atoms with Gasteiger partial charge in [-0.05, 0) is 32.4 Å². The zero-order chi connectivity index (χ0) is 18.7. The van der Waals surface area contributed by atoms with E-state index in [9.17, 15) is 9.59 Å². The van der Waals surface area contributed by atoms with Gasteiger partial charge in [0.1, 0.15) is 22.7 Å². The number of rotatable bonds is 6. The maximum Gasteiger partial charge on any atom is 0.344 e. The van der Waals surface area contributed by atoms with Crippen LogP contribution in [-0.4, -0.2) is 23.6 Å². The molecule has 3 aromatic rings. The van der Waals surface area contributed by atoms with Crippen LogP contribution in [0, 0.1) is 6.92 Å². The monoisotopic (exact) mass is 356 g/mol. The van der Waals surface area contributed by atoms with E-state index in [0.717, 1.165) is 11.0 Å². The molecule has 0 fully saturated rings. The number of nitrogens with one attached hydrogen (secondary N) is 1. The minimum Gasteiger partial charge on any atom is -0.459 e. The summed E-state index contributed by atoms with van der Waals surface area (Å²) in [5.74, 6) is -0.0254. The molecule has 2 heterocycles. The van der Waals surface area contributed by atoms with Crippen molar-refractivity contribution < 1.29 is 23.3 Å². The highest BCUT2D eigenvalue weighted by atomic mass is 16.5. The second-order valence-corrected chi connectivity index (χ2v) is 5.97. The summed E-state index contributed by atoms with van der Waals surface area (Å²) in [4.78, 5) is 24.2. The third-order valence-corrected chi connectivity index (χ3v) is 4.06. The Morgan fingerprint density at radius 3 is 2.81 bits per heavy atom. The van der Waals surface area contributed by atoms with Crippen molar-refractivity contribution >= 4 is 22.8 Å². The summed E-state index contributed by atoms with van der Waals surface area (Å²) in [5.41, 5.74) is 1.55. The smallest absolute Gasteiger partial charge is 0.344 e. The number of aryl methyl sites for hydroxylation is 2. The molecule has 0 saturated heterocycles. The van der Waals surface area contributed by atoms with E-state index in [1.807, 2.05) is 37.3 Å². The number of ether oxygens (including phenoxy) is 1. The molecule has 0 spiro atoms. The molecule has 0 aliphatic rings. The van der Waals surface area contributed by atoms with Crippen LogP contribution < -0.4 is 5.32 Å².